The van der Waals surface area contributed by atoms with Gasteiger partial charge in [0, 0.05) is 6.54 Å². The molecule has 1 N–H and O–H groups in total. The summed E-state index contributed by atoms with van der Waals surface area (Å²) in [7, 11) is 0. The predicted octanol–water partition coefficient (Wildman–Crippen LogP) is 4.45. The summed E-state index contributed by atoms with van der Waals surface area (Å²) < 4.78 is 14.0. The Morgan fingerprint density at radius 3 is 2.76 bits per heavy atom. The van der Waals surface area contributed by atoms with Crippen LogP contribution in [0.2, 0.25) is 0 Å². The summed E-state index contributed by atoms with van der Waals surface area (Å²) in [5, 5.41) is 11.8. The first kappa shape index (κ1) is 14.0. The van der Waals surface area contributed by atoms with Crippen molar-refractivity contribution in [3.63, 3.8) is 0 Å². The summed E-state index contributed by atoms with van der Waals surface area (Å²) in [5.74, 6) is -0.389. The van der Waals surface area contributed by atoms with E-state index in [-0.39, 0.29) is 10.3 Å². The van der Waals surface area contributed by atoms with Crippen molar-refractivity contribution in [2.24, 2.45) is 0 Å². The van der Waals surface area contributed by atoms with E-state index in [0.29, 0.717) is 11.3 Å². The number of nitriles is 1. The van der Waals surface area contributed by atoms with Crippen molar-refractivity contribution in [3.8, 4) is 6.07 Å². The fraction of sp³-hybridized carbons (Fsp3) is 0.462. The number of benzene rings is 1. The lowest BCUT2D eigenvalue weighted by Crippen LogP contribution is -2.04. The topological polar surface area (TPSA) is 35.8 Å². The molecule has 0 amide bonds. The summed E-state index contributed by atoms with van der Waals surface area (Å²) in [6.07, 6.45) is 4.59. The van der Waals surface area contributed by atoms with Crippen LogP contribution in [0.3, 0.4) is 0 Å². The zero-order valence-corrected chi connectivity index (χ0v) is 11.5. The van der Waals surface area contributed by atoms with Gasteiger partial charge >= 0.3 is 0 Å². The second-order valence-corrected chi connectivity index (χ2v) is 4.68. The van der Waals surface area contributed by atoms with Crippen LogP contribution in [0.5, 0.6) is 0 Å². The second-order valence-electron chi connectivity index (χ2n) is 3.89. The SMILES string of the molecule is CCCCCCNc1ccc(C#N)c(Br)c1F. The Balaban J connectivity index is 2.55. The summed E-state index contributed by atoms with van der Waals surface area (Å²) in [5.41, 5.74) is 0.770. The highest BCUT2D eigenvalue weighted by atomic mass is 79.9. The maximum absolute atomic E-state index is 13.8. The van der Waals surface area contributed by atoms with Crippen molar-refractivity contribution < 1.29 is 4.39 Å². The van der Waals surface area contributed by atoms with Gasteiger partial charge in [0.05, 0.1) is 15.7 Å². The molecule has 1 aromatic rings. The van der Waals surface area contributed by atoms with Gasteiger partial charge in [0.25, 0.3) is 0 Å². The Hall–Kier alpha value is -1.08. The van der Waals surface area contributed by atoms with Gasteiger partial charge in [-0.05, 0) is 34.5 Å². The van der Waals surface area contributed by atoms with Crippen LogP contribution in [-0.4, -0.2) is 6.54 Å². The molecule has 0 fully saturated rings. The lowest BCUT2D eigenvalue weighted by molar-refractivity contribution is 0.620. The highest BCUT2D eigenvalue weighted by molar-refractivity contribution is 9.10. The van der Waals surface area contributed by atoms with Crippen LogP contribution in [0.4, 0.5) is 10.1 Å². The monoisotopic (exact) mass is 298 g/mol. The number of nitrogens with one attached hydrogen (secondary N) is 1. The molecule has 92 valence electrons. The number of nitrogens with zero attached hydrogens (tertiary/aromatic N) is 1. The molecule has 0 heterocycles. The highest BCUT2D eigenvalue weighted by Gasteiger charge is 2.10. The first-order chi connectivity index (χ1) is 8.20. The molecule has 4 heteroatoms. The van der Waals surface area contributed by atoms with Crippen LogP contribution in [-0.2, 0) is 0 Å². The van der Waals surface area contributed by atoms with Crippen molar-refractivity contribution in [1.82, 2.24) is 0 Å². The van der Waals surface area contributed by atoms with E-state index in [1.165, 1.54) is 12.8 Å². The molecule has 0 saturated carbocycles. The minimum absolute atomic E-state index is 0.235. The maximum Gasteiger partial charge on any atom is 0.161 e. The van der Waals surface area contributed by atoms with Crippen molar-refractivity contribution >= 4 is 21.6 Å². The van der Waals surface area contributed by atoms with Crippen molar-refractivity contribution in [3.05, 3.63) is 28.0 Å². The Morgan fingerprint density at radius 2 is 2.12 bits per heavy atom. The minimum Gasteiger partial charge on any atom is -0.383 e. The minimum atomic E-state index is -0.389. The normalized spacial score (nSPS) is 10.0. The average Bonchev–Trinajstić information content (AvgIpc) is 2.34. The van der Waals surface area contributed by atoms with Crippen molar-refractivity contribution in [2.45, 2.75) is 32.6 Å². The molecule has 17 heavy (non-hydrogen) atoms. The van der Waals surface area contributed by atoms with Gasteiger partial charge in [-0.3, -0.25) is 0 Å². The Morgan fingerprint density at radius 1 is 1.35 bits per heavy atom. The Bertz CT molecular complexity index is 413. The van der Waals surface area contributed by atoms with Crippen molar-refractivity contribution in [2.75, 3.05) is 11.9 Å². The first-order valence-corrected chi connectivity index (χ1v) is 6.62. The number of hydrogen-bond donors (Lipinski definition) is 1. The van der Waals surface area contributed by atoms with Crippen molar-refractivity contribution in [1.29, 1.82) is 5.26 Å². The fourth-order valence-corrected chi connectivity index (χ4v) is 1.98. The predicted molar refractivity (Wildman–Crippen MR) is 71.4 cm³/mol. The second kappa shape index (κ2) is 7.29. The molecule has 2 nitrogen and oxygen atoms in total. The van der Waals surface area contributed by atoms with E-state index < -0.39 is 0 Å². The molecule has 0 bridgehead atoms. The maximum atomic E-state index is 13.8. The molecule has 0 aromatic heterocycles. The lowest BCUT2D eigenvalue weighted by Gasteiger charge is -2.09. The van der Waals surface area contributed by atoms with E-state index in [1.54, 1.807) is 12.1 Å². The molecule has 0 aliphatic carbocycles. The molecule has 0 aliphatic rings. The lowest BCUT2D eigenvalue weighted by atomic mass is 10.2. The summed E-state index contributed by atoms with van der Waals surface area (Å²) in [4.78, 5) is 0. The fourth-order valence-electron chi connectivity index (χ4n) is 1.55. The van der Waals surface area contributed by atoms with E-state index in [1.807, 2.05) is 6.07 Å². The molecule has 0 unspecified atom stereocenters. The van der Waals surface area contributed by atoms with Gasteiger partial charge in [-0.15, -0.1) is 0 Å². The van der Waals surface area contributed by atoms with Crippen LogP contribution < -0.4 is 5.32 Å². The quantitative estimate of drug-likeness (QED) is 0.788. The summed E-state index contributed by atoms with van der Waals surface area (Å²) >= 11 is 3.09. The van der Waals surface area contributed by atoms with Gasteiger partial charge in [-0.1, -0.05) is 26.2 Å². The van der Waals surface area contributed by atoms with Gasteiger partial charge in [0.1, 0.15) is 6.07 Å². The molecular formula is C13H16BrFN2. The van der Waals surface area contributed by atoms with Gasteiger partial charge < -0.3 is 5.32 Å². The van der Waals surface area contributed by atoms with Gasteiger partial charge in [0.15, 0.2) is 5.82 Å². The third-order valence-corrected chi connectivity index (χ3v) is 3.32. The average molecular weight is 299 g/mol. The molecule has 1 aromatic carbocycles. The zero-order chi connectivity index (χ0) is 12.7. The van der Waals surface area contributed by atoms with E-state index in [0.717, 1.165) is 19.4 Å². The van der Waals surface area contributed by atoms with Crippen LogP contribution in [0.25, 0.3) is 0 Å². The molecular weight excluding hydrogens is 283 g/mol. The molecule has 0 saturated heterocycles. The van der Waals surface area contributed by atoms with Gasteiger partial charge in [-0.25, -0.2) is 4.39 Å². The molecule has 0 spiro atoms. The standard InChI is InChI=1S/C13H16BrFN2/c1-2-3-4-5-8-17-11-7-6-10(9-16)12(14)13(11)15/h6-7,17H,2-5,8H2,1H3. The zero-order valence-electron chi connectivity index (χ0n) is 9.89. The van der Waals surface area contributed by atoms with Gasteiger partial charge in [-0.2, -0.15) is 5.26 Å². The van der Waals surface area contributed by atoms with Crippen LogP contribution in [0.1, 0.15) is 38.2 Å². The van der Waals surface area contributed by atoms with Crippen LogP contribution in [0.15, 0.2) is 16.6 Å². The Kier molecular flexibility index (Phi) is 5.99. The van der Waals surface area contributed by atoms with E-state index in [2.05, 4.69) is 28.2 Å². The number of anilines is 1. The largest absolute Gasteiger partial charge is 0.383 e. The Labute approximate surface area is 110 Å². The van der Waals surface area contributed by atoms with E-state index in [9.17, 15) is 4.39 Å². The van der Waals surface area contributed by atoms with E-state index in [4.69, 9.17) is 5.26 Å². The highest BCUT2D eigenvalue weighted by Crippen LogP contribution is 2.26. The number of halogens is 2. The third kappa shape index (κ3) is 4.01. The first-order valence-electron chi connectivity index (χ1n) is 5.82. The summed E-state index contributed by atoms with van der Waals surface area (Å²) in [6, 6.07) is 5.15. The van der Waals surface area contributed by atoms with Crippen LogP contribution in [0, 0.1) is 17.1 Å². The molecule has 0 aliphatic heterocycles. The number of hydrogen-bond acceptors (Lipinski definition) is 2. The summed E-state index contributed by atoms with van der Waals surface area (Å²) in [6.45, 7) is 2.92. The molecule has 1 rings (SSSR count). The third-order valence-electron chi connectivity index (χ3n) is 2.55. The smallest absolute Gasteiger partial charge is 0.161 e. The number of unbranched alkanes of at least 4 members (excludes halogenated alkanes) is 3. The molecule has 0 radical (unpaired) electrons. The van der Waals surface area contributed by atoms with E-state index >= 15 is 0 Å². The number of rotatable bonds is 6. The van der Waals surface area contributed by atoms with Crippen LogP contribution >= 0.6 is 15.9 Å². The van der Waals surface area contributed by atoms with Gasteiger partial charge in [0.2, 0.25) is 0 Å². The molecule has 0 atom stereocenters.